The Balaban J connectivity index is 1.56. The molecule has 11 heteroatoms. The molecule has 46 heavy (non-hydrogen) atoms. The number of carbonyl (C=O) groups is 5. The Labute approximate surface area is 270 Å². The summed E-state index contributed by atoms with van der Waals surface area (Å²) in [5, 5.41) is 16.2. The fourth-order valence-electron chi connectivity index (χ4n) is 7.15. The number of nitrogens with one attached hydrogen (secondary N) is 2. The largest absolute Gasteiger partial charge is 0.464 e. The molecule has 4 rings (SSSR count). The molecule has 1 saturated heterocycles. The van der Waals surface area contributed by atoms with Gasteiger partial charge in [-0.3, -0.25) is 14.4 Å². The van der Waals surface area contributed by atoms with E-state index in [9.17, 15) is 29.1 Å². The minimum absolute atomic E-state index is 0.0548. The molecule has 1 aliphatic heterocycles. The monoisotopic (exact) mass is 637 g/mol. The number of Topliss-reactive ketones (excluding diaryl/α,β-unsaturated/α-hetero) is 1. The van der Waals surface area contributed by atoms with Gasteiger partial charge in [0.05, 0.1) is 18.8 Å². The van der Waals surface area contributed by atoms with Crippen molar-refractivity contribution < 1.29 is 38.6 Å². The predicted octanol–water partition coefficient (Wildman–Crippen LogP) is 3.20. The fraction of sp³-hybridized carbons (Fsp3) is 0.571. The van der Waals surface area contributed by atoms with Gasteiger partial charge in [0, 0.05) is 43.6 Å². The van der Waals surface area contributed by atoms with E-state index in [0.717, 1.165) is 11.1 Å². The van der Waals surface area contributed by atoms with Crippen LogP contribution in [-0.2, 0) is 35.1 Å². The molecule has 1 saturated carbocycles. The van der Waals surface area contributed by atoms with Crippen LogP contribution in [0.15, 0.2) is 49.6 Å². The molecular formula is C35H47N3O8. The number of benzene rings is 1. The minimum Gasteiger partial charge on any atom is -0.464 e. The summed E-state index contributed by atoms with van der Waals surface area (Å²) < 4.78 is 10.9. The van der Waals surface area contributed by atoms with Crippen molar-refractivity contribution in [2.24, 2.45) is 16.7 Å². The van der Waals surface area contributed by atoms with Crippen molar-refractivity contribution in [3.05, 3.63) is 60.7 Å². The Morgan fingerprint density at radius 2 is 1.80 bits per heavy atom. The van der Waals surface area contributed by atoms with Crippen LogP contribution in [0.25, 0.3) is 0 Å². The molecule has 1 aromatic rings. The first-order valence-electron chi connectivity index (χ1n) is 15.9. The zero-order valence-corrected chi connectivity index (χ0v) is 27.6. The van der Waals surface area contributed by atoms with Crippen LogP contribution >= 0.6 is 0 Å². The number of aliphatic hydroxyl groups excluding tert-OH is 1. The lowest BCUT2D eigenvalue weighted by atomic mass is 9.75. The lowest BCUT2D eigenvalue weighted by Crippen LogP contribution is -2.59. The number of esters is 2. The molecule has 3 aliphatic rings. The average Bonchev–Trinajstić information content (AvgIpc) is 3.24. The number of rotatable bonds is 11. The van der Waals surface area contributed by atoms with Gasteiger partial charge in [0.15, 0.2) is 11.3 Å². The molecule has 0 aromatic heterocycles. The van der Waals surface area contributed by atoms with E-state index in [2.05, 4.69) is 23.8 Å². The SMILES string of the molecule is C=CC1(C=C)C[C@]1(NC(=O)[C@@H]1C[C@@H](O)CN1C(=O)N[C@H](C(=O)C(C)[C@H]1c2ccccc2C[C@H]1OC(C)=O)C(C)(C)C)C(=O)OCC. The summed E-state index contributed by atoms with van der Waals surface area (Å²) >= 11 is 0. The van der Waals surface area contributed by atoms with Gasteiger partial charge in [-0.2, -0.15) is 0 Å². The van der Waals surface area contributed by atoms with Crippen molar-refractivity contribution in [2.45, 2.75) is 96.6 Å². The van der Waals surface area contributed by atoms with Gasteiger partial charge >= 0.3 is 18.0 Å². The molecule has 2 aliphatic carbocycles. The number of aliphatic hydroxyl groups is 1. The second-order valence-corrected chi connectivity index (χ2v) is 13.8. The summed E-state index contributed by atoms with van der Waals surface area (Å²) in [6.07, 6.45) is 2.20. The Bertz CT molecular complexity index is 1410. The molecular weight excluding hydrogens is 590 g/mol. The number of urea groups is 1. The first-order chi connectivity index (χ1) is 21.6. The van der Waals surface area contributed by atoms with E-state index < -0.39 is 76.4 Å². The minimum atomic E-state index is -1.42. The maximum Gasteiger partial charge on any atom is 0.333 e. The number of amides is 3. The third kappa shape index (κ3) is 6.34. The number of nitrogens with zero attached hydrogens (tertiary/aromatic N) is 1. The summed E-state index contributed by atoms with van der Waals surface area (Å²) in [6.45, 7) is 17.9. The smallest absolute Gasteiger partial charge is 0.333 e. The van der Waals surface area contributed by atoms with Crippen molar-refractivity contribution in [2.75, 3.05) is 13.2 Å². The molecule has 1 aromatic carbocycles. The third-order valence-electron chi connectivity index (χ3n) is 9.72. The van der Waals surface area contributed by atoms with Gasteiger partial charge in [0.25, 0.3) is 0 Å². The number of hydrogen-bond acceptors (Lipinski definition) is 8. The van der Waals surface area contributed by atoms with Crippen LogP contribution in [-0.4, -0.2) is 82.6 Å². The lowest BCUT2D eigenvalue weighted by molar-refractivity contribution is -0.150. The van der Waals surface area contributed by atoms with E-state index in [4.69, 9.17) is 9.47 Å². The Morgan fingerprint density at radius 3 is 2.37 bits per heavy atom. The van der Waals surface area contributed by atoms with Gasteiger partial charge in [-0.25, -0.2) is 9.59 Å². The zero-order chi connectivity index (χ0) is 34.2. The number of hydrogen-bond donors (Lipinski definition) is 3. The molecule has 2 fully saturated rings. The van der Waals surface area contributed by atoms with Crippen LogP contribution in [0.5, 0.6) is 0 Å². The van der Waals surface area contributed by atoms with Gasteiger partial charge in [0.2, 0.25) is 5.91 Å². The summed E-state index contributed by atoms with van der Waals surface area (Å²) in [6, 6.07) is 4.89. The van der Waals surface area contributed by atoms with Crippen LogP contribution < -0.4 is 10.6 Å². The van der Waals surface area contributed by atoms with Gasteiger partial charge in [0.1, 0.15) is 12.1 Å². The summed E-state index contributed by atoms with van der Waals surface area (Å²) in [5.41, 5.74) is -1.14. The van der Waals surface area contributed by atoms with Gasteiger partial charge in [-0.15, -0.1) is 13.2 Å². The lowest BCUT2D eigenvalue weighted by Gasteiger charge is -2.36. The first kappa shape index (κ1) is 34.9. The van der Waals surface area contributed by atoms with E-state index in [1.807, 2.05) is 45.0 Å². The van der Waals surface area contributed by atoms with E-state index >= 15 is 0 Å². The third-order valence-corrected chi connectivity index (χ3v) is 9.72. The molecule has 0 spiro atoms. The van der Waals surface area contributed by atoms with Crippen LogP contribution in [0.4, 0.5) is 4.79 Å². The van der Waals surface area contributed by atoms with Crippen molar-refractivity contribution in [3.8, 4) is 0 Å². The van der Waals surface area contributed by atoms with Crippen LogP contribution in [0, 0.1) is 16.7 Å². The molecule has 3 N–H and O–H groups in total. The van der Waals surface area contributed by atoms with Gasteiger partial charge < -0.3 is 30.1 Å². The highest BCUT2D eigenvalue weighted by atomic mass is 16.5. The van der Waals surface area contributed by atoms with E-state index in [0.29, 0.717) is 6.42 Å². The molecule has 3 amide bonds. The quantitative estimate of drug-likeness (QED) is 0.247. The fourth-order valence-corrected chi connectivity index (χ4v) is 7.15. The van der Waals surface area contributed by atoms with Crippen molar-refractivity contribution >= 4 is 29.7 Å². The van der Waals surface area contributed by atoms with Crippen molar-refractivity contribution in [3.63, 3.8) is 0 Å². The number of ether oxygens (including phenoxy) is 2. The Kier molecular flexibility index (Phi) is 9.87. The Morgan fingerprint density at radius 1 is 1.15 bits per heavy atom. The molecule has 0 bridgehead atoms. The molecule has 7 atom stereocenters. The highest BCUT2D eigenvalue weighted by Crippen LogP contribution is 2.59. The topological polar surface area (TPSA) is 151 Å². The standard InChI is InChI=1S/C35H47N3O8/c1-9-34(10-2)19-35(34,31(43)45-11-3)37-30(42)25-17-23(40)18-38(25)32(44)36-29(33(6,7)8)28(41)20(4)27-24-15-13-12-14-22(24)16-26(27)46-21(5)39/h9-10,12-15,20,23,25-27,29,40H,1-2,11,16-19H2,3-8H3,(H,36,44)(H,37,42)/t20?,23-,25+,26-,27+,29-,35+/m1/s1. The number of carbonyl (C=O) groups excluding carboxylic acids is 5. The van der Waals surface area contributed by atoms with Gasteiger partial charge in [-0.05, 0) is 29.9 Å². The highest BCUT2D eigenvalue weighted by Gasteiger charge is 2.71. The van der Waals surface area contributed by atoms with Crippen molar-refractivity contribution in [1.82, 2.24) is 15.5 Å². The first-order valence-corrected chi connectivity index (χ1v) is 15.9. The maximum atomic E-state index is 14.2. The zero-order valence-electron chi connectivity index (χ0n) is 27.6. The summed E-state index contributed by atoms with van der Waals surface area (Å²) in [5.74, 6) is -2.99. The molecule has 250 valence electrons. The maximum absolute atomic E-state index is 14.2. The average molecular weight is 638 g/mol. The second-order valence-electron chi connectivity index (χ2n) is 13.8. The second kappa shape index (κ2) is 13.0. The number of ketones is 1. The van der Waals surface area contributed by atoms with Crippen LogP contribution in [0.2, 0.25) is 0 Å². The highest BCUT2D eigenvalue weighted by molar-refractivity contribution is 5.97. The normalized spacial score (nSPS) is 27.4. The number of likely N-dealkylation sites (tertiary alicyclic amines) is 1. The summed E-state index contributed by atoms with van der Waals surface area (Å²) in [7, 11) is 0. The Hall–Kier alpha value is -3.99. The number of β-amino-alcohol motifs (C(OH)–C–C–N with tert-alkyl or cyclic N) is 1. The van der Waals surface area contributed by atoms with Crippen LogP contribution in [0.1, 0.15) is 71.4 Å². The molecule has 1 heterocycles. The van der Waals surface area contributed by atoms with E-state index in [1.165, 1.54) is 11.8 Å². The van der Waals surface area contributed by atoms with Gasteiger partial charge in [-0.1, -0.05) is 64.1 Å². The molecule has 0 radical (unpaired) electrons. The summed E-state index contributed by atoms with van der Waals surface area (Å²) in [4.78, 5) is 68.0. The number of fused-ring (bicyclic) bond motifs is 1. The van der Waals surface area contributed by atoms with E-state index in [-0.39, 0.29) is 31.8 Å². The molecule has 11 nitrogen and oxygen atoms in total. The van der Waals surface area contributed by atoms with Crippen molar-refractivity contribution in [1.29, 1.82) is 0 Å². The predicted molar refractivity (Wildman–Crippen MR) is 170 cm³/mol. The van der Waals surface area contributed by atoms with E-state index in [1.54, 1.807) is 26.0 Å². The molecule has 1 unspecified atom stereocenters. The van der Waals surface area contributed by atoms with Crippen LogP contribution in [0.3, 0.4) is 0 Å².